The number of nitrogens with zero attached hydrogens (tertiary/aromatic N) is 2. The predicted molar refractivity (Wildman–Crippen MR) is 70.3 cm³/mol. The van der Waals surface area contributed by atoms with E-state index in [9.17, 15) is 14.4 Å². The summed E-state index contributed by atoms with van der Waals surface area (Å²) in [6.45, 7) is 5.17. The zero-order chi connectivity index (χ0) is 15.1. The topological polar surface area (TPSA) is 99.2 Å². The van der Waals surface area contributed by atoms with Gasteiger partial charge < -0.3 is 25.0 Å². The molecule has 0 saturated carbocycles. The van der Waals surface area contributed by atoms with Crippen molar-refractivity contribution in [1.82, 2.24) is 15.1 Å². The molecule has 1 atom stereocenters. The van der Waals surface area contributed by atoms with Gasteiger partial charge in [0.15, 0.2) is 6.04 Å². The van der Waals surface area contributed by atoms with Crippen LogP contribution < -0.4 is 5.32 Å². The lowest BCUT2D eigenvalue weighted by atomic mass is 10.2. The molecule has 1 fully saturated rings. The Labute approximate surface area is 117 Å². The molecule has 0 aromatic rings. The molecular formula is C12H21N3O5. The van der Waals surface area contributed by atoms with Crippen LogP contribution in [0.1, 0.15) is 13.8 Å². The van der Waals surface area contributed by atoms with E-state index in [-0.39, 0.29) is 25.6 Å². The Morgan fingerprint density at radius 1 is 1.35 bits per heavy atom. The first-order chi connectivity index (χ1) is 9.51. The summed E-state index contributed by atoms with van der Waals surface area (Å²) in [6, 6.07) is -1.56. The normalized spacial score (nSPS) is 18.5. The number of carboxylic acids is 1. The number of carbonyl (C=O) groups excluding carboxylic acids is 2. The number of aliphatic carboxylic acids is 1. The van der Waals surface area contributed by atoms with Gasteiger partial charge in [0.2, 0.25) is 5.91 Å². The average molecular weight is 287 g/mol. The minimum atomic E-state index is -1.12. The molecule has 0 radical (unpaired) electrons. The molecule has 0 bridgehead atoms. The van der Waals surface area contributed by atoms with Crippen molar-refractivity contribution in [3.05, 3.63) is 0 Å². The number of rotatable bonds is 5. The van der Waals surface area contributed by atoms with Crippen LogP contribution in [0.3, 0.4) is 0 Å². The van der Waals surface area contributed by atoms with E-state index in [4.69, 9.17) is 9.84 Å². The zero-order valence-electron chi connectivity index (χ0n) is 11.8. The van der Waals surface area contributed by atoms with Crippen LogP contribution in [-0.4, -0.2) is 78.2 Å². The Bertz CT molecular complexity index is 370. The first-order valence-electron chi connectivity index (χ1n) is 6.64. The van der Waals surface area contributed by atoms with Crippen LogP contribution in [0.25, 0.3) is 0 Å². The zero-order valence-corrected chi connectivity index (χ0v) is 11.8. The number of hydrogen-bond donors (Lipinski definition) is 2. The summed E-state index contributed by atoms with van der Waals surface area (Å²) >= 11 is 0. The quantitative estimate of drug-likeness (QED) is 0.700. The van der Waals surface area contributed by atoms with E-state index in [1.54, 1.807) is 4.90 Å². The van der Waals surface area contributed by atoms with Crippen molar-refractivity contribution in [2.75, 3.05) is 39.4 Å². The Hall–Kier alpha value is -1.83. The van der Waals surface area contributed by atoms with Gasteiger partial charge >= 0.3 is 12.0 Å². The Morgan fingerprint density at radius 2 is 2.00 bits per heavy atom. The maximum Gasteiger partial charge on any atom is 0.328 e. The first kappa shape index (κ1) is 16.2. The fourth-order valence-corrected chi connectivity index (χ4v) is 1.99. The molecule has 1 heterocycles. The van der Waals surface area contributed by atoms with Gasteiger partial charge in [0, 0.05) is 19.6 Å². The number of likely N-dealkylation sites (N-methyl/N-ethyl adjacent to an activating group) is 1. The molecule has 0 aliphatic carbocycles. The minimum absolute atomic E-state index is 0.0350. The van der Waals surface area contributed by atoms with E-state index in [2.05, 4.69) is 5.32 Å². The van der Waals surface area contributed by atoms with E-state index in [1.165, 1.54) is 4.90 Å². The lowest BCUT2D eigenvalue weighted by Gasteiger charge is -2.32. The van der Waals surface area contributed by atoms with Crippen molar-refractivity contribution in [3.8, 4) is 0 Å². The van der Waals surface area contributed by atoms with Gasteiger partial charge in [-0.05, 0) is 13.8 Å². The first-order valence-corrected chi connectivity index (χ1v) is 6.64. The summed E-state index contributed by atoms with van der Waals surface area (Å²) in [7, 11) is 0. The highest BCUT2D eigenvalue weighted by Crippen LogP contribution is 2.07. The molecule has 20 heavy (non-hydrogen) atoms. The second-order valence-electron chi connectivity index (χ2n) is 4.35. The van der Waals surface area contributed by atoms with Gasteiger partial charge in [0.1, 0.15) is 0 Å². The number of carboxylic acid groups (broad SMARTS) is 1. The van der Waals surface area contributed by atoms with Gasteiger partial charge in [0.05, 0.1) is 19.8 Å². The maximum atomic E-state index is 11.9. The monoisotopic (exact) mass is 287 g/mol. The van der Waals surface area contributed by atoms with Gasteiger partial charge in [-0.1, -0.05) is 0 Å². The highest BCUT2D eigenvalue weighted by molar-refractivity contribution is 5.86. The van der Waals surface area contributed by atoms with Crippen molar-refractivity contribution in [1.29, 1.82) is 0 Å². The van der Waals surface area contributed by atoms with Gasteiger partial charge in [0.25, 0.3) is 0 Å². The molecule has 0 aromatic carbocycles. The number of nitrogens with one attached hydrogen (secondary N) is 1. The van der Waals surface area contributed by atoms with Crippen LogP contribution in [-0.2, 0) is 14.3 Å². The van der Waals surface area contributed by atoms with E-state index in [0.717, 1.165) is 0 Å². The number of hydrogen-bond acceptors (Lipinski definition) is 4. The molecule has 1 rings (SSSR count). The maximum absolute atomic E-state index is 11.9. The number of ether oxygens (including phenoxy) is 1. The Kier molecular flexibility index (Phi) is 6.23. The molecular weight excluding hydrogens is 266 g/mol. The highest BCUT2D eigenvalue weighted by atomic mass is 16.5. The molecule has 1 unspecified atom stereocenters. The second kappa shape index (κ2) is 7.68. The third kappa shape index (κ3) is 4.09. The predicted octanol–water partition coefficient (Wildman–Crippen LogP) is -0.650. The molecule has 8 heteroatoms. The summed E-state index contributed by atoms with van der Waals surface area (Å²) in [5, 5.41) is 11.5. The Balaban J connectivity index is 2.52. The lowest BCUT2D eigenvalue weighted by molar-refractivity contribution is -0.147. The molecule has 1 aliphatic heterocycles. The molecule has 1 aliphatic rings. The van der Waals surface area contributed by atoms with Crippen LogP contribution >= 0.6 is 0 Å². The summed E-state index contributed by atoms with van der Waals surface area (Å²) in [5.74, 6) is -1.31. The molecule has 8 nitrogen and oxygen atoms in total. The van der Waals surface area contributed by atoms with Crippen molar-refractivity contribution in [3.63, 3.8) is 0 Å². The third-order valence-electron chi connectivity index (χ3n) is 3.18. The fourth-order valence-electron chi connectivity index (χ4n) is 1.99. The number of morpholine rings is 1. The van der Waals surface area contributed by atoms with Crippen molar-refractivity contribution < 1.29 is 24.2 Å². The number of carbonyl (C=O) groups is 3. The summed E-state index contributed by atoms with van der Waals surface area (Å²) in [4.78, 5) is 37.5. The molecule has 1 saturated heterocycles. The Morgan fingerprint density at radius 3 is 2.55 bits per heavy atom. The lowest BCUT2D eigenvalue weighted by Crippen LogP contribution is -2.56. The van der Waals surface area contributed by atoms with Crippen molar-refractivity contribution in [2.24, 2.45) is 0 Å². The van der Waals surface area contributed by atoms with E-state index in [1.807, 2.05) is 13.8 Å². The average Bonchev–Trinajstić information content (AvgIpc) is 2.46. The molecule has 0 spiro atoms. The fraction of sp³-hybridized carbons (Fsp3) is 0.750. The van der Waals surface area contributed by atoms with Crippen LogP contribution in [0, 0.1) is 0 Å². The van der Waals surface area contributed by atoms with Gasteiger partial charge in [-0.15, -0.1) is 0 Å². The highest BCUT2D eigenvalue weighted by Gasteiger charge is 2.32. The molecule has 0 aromatic heterocycles. The molecule has 2 N–H and O–H groups in total. The third-order valence-corrected chi connectivity index (χ3v) is 3.18. The number of amides is 3. The van der Waals surface area contributed by atoms with Crippen LogP contribution in [0.15, 0.2) is 0 Å². The van der Waals surface area contributed by atoms with E-state index in [0.29, 0.717) is 19.7 Å². The van der Waals surface area contributed by atoms with E-state index >= 15 is 0 Å². The van der Waals surface area contributed by atoms with Crippen LogP contribution in [0.2, 0.25) is 0 Å². The van der Waals surface area contributed by atoms with Crippen molar-refractivity contribution >= 4 is 17.9 Å². The smallest absolute Gasteiger partial charge is 0.328 e. The largest absolute Gasteiger partial charge is 0.480 e. The molecule has 114 valence electrons. The van der Waals surface area contributed by atoms with Gasteiger partial charge in [-0.3, -0.25) is 4.79 Å². The standard InChI is InChI=1S/C12H21N3O5/c1-3-14(4-2)10(16)7-13-12(19)15-5-6-20-8-9(15)11(17)18/h9H,3-8H2,1-2H3,(H,13,19)(H,17,18). The summed E-state index contributed by atoms with van der Waals surface area (Å²) < 4.78 is 5.04. The molecule has 3 amide bonds. The number of urea groups is 1. The summed E-state index contributed by atoms with van der Waals surface area (Å²) in [5.41, 5.74) is 0. The van der Waals surface area contributed by atoms with Crippen molar-refractivity contribution in [2.45, 2.75) is 19.9 Å². The van der Waals surface area contributed by atoms with Gasteiger partial charge in [-0.2, -0.15) is 0 Å². The van der Waals surface area contributed by atoms with Crippen LogP contribution in [0.5, 0.6) is 0 Å². The summed E-state index contributed by atoms with van der Waals surface area (Å²) in [6.07, 6.45) is 0. The second-order valence-corrected chi connectivity index (χ2v) is 4.35. The van der Waals surface area contributed by atoms with Gasteiger partial charge in [-0.25, -0.2) is 9.59 Å². The SMILES string of the molecule is CCN(CC)C(=O)CNC(=O)N1CCOCC1C(=O)O. The van der Waals surface area contributed by atoms with Crippen LogP contribution in [0.4, 0.5) is 4.79 Å². The van der Waals surface area contributed by atoms with E-state index < -0.39 is 18.0 Å². The minimum Gasteiger partial charge on any atom is -0.480 e.